The van der Waals surface area contributed by atoms with Gasteiger partial charge in [0.25, 0.3) is 11.9 Å². The molecular formula is C37H44FN9O4. The van der Waals surface area contributed by atoms with Crippen LogP contribution in [0.3, 0.4) is 0 Å². The fourth-order valence-electron chi connectivity index (χ4n) is 8.35. The summed E-state index contributed by atoms with van der Waals surface area (Å²) in [5.41, 5.74) is 2.47. The third-order valence-corrected chi connectivity index (χ3v) is 10.8. The largest absolute Gasteiger partial charge is 0.460 e. The first-order chi connectivity index (χ1) is 24.7. The van der Waals surface area contributed by atoms with Gasteiger partial charge in [-0.25, -0.2) is 29.1 Å². The van der Waals surface area contributed by atoms with Gasteiger partial charge in [-0.05, 0) is 76.0 Å². The highest BCUT2D eigenvalue weighted by atomic mass is 19.1. The van der Waals surface area contributed by atoms with Crippen molar-refractivity contribution >= 4 is 17.8 Å². The van der Waals surface area contributed by atoms with Crippen LogP contribution < -0.4 is 15.0 Å². The fourth-order valence-corrected chi connectivity index (χ4v) is 8.35. The summed E-state index contributed by atoms with van der Waals surface area (Å²) in [5, 5.41) is 11.8. The average molecular weight is 698 g/mol. The molecule has 0 bridgehead atoms. The first kappa shape index (κ1) is 33.4. The van der Waals surface area contributed by atoms with Gasteiger partial charge in [0.1, 0.15) is 23.7 Å². The monoisotopic (exact) mass is 697 g/mol. The maximum absolute atomic E-state index is 14.7. The number of carbonyl (C=O) groups is 1. The van der Waals surface area contributed by atoms with E-state index in [9.17, 15) is 9.18 Å². The van der Waals surface area contributed by atoms with Gasteiger partial charge in [0.05, 0.1) is 18.5 Å². The molecular weight excluding hydrogens is 653 g/mol. The van der Waals surface area contributed by atoms with Crippen LogP contribution in [0.25, 0.3) is 11.1 Å². The van der Waals surface area contributed by atoms with Crippen molar-refractivity contribution in [2.75, 3.05) is 43.0 Å². The van der Waals surface area contributed by atoms with Crippen molar-refractivity contribution in [1.82, 2.24) is 35.0 Å². The molecule has 1 spiro atoms. The van der Waals surface area contributed by atoms with Crippen LogP contribution in [0.5, 0.6) is 11.6 Å². The van der Waals surface area contributed by atoms with Crippen molar-refractivity contribution in [3.8, 4) is 22.8 Å². The lowest BCUT2D eigenvalue weighted by molar-refractivity contribution is -0.0657. The zero-order valence-electron chi connectivity index (χ0n) is 29.5. The van der Waals surface area contributed by atoms with E-state index in [-0.39, 0.29) is 29.6 Å². The quantitative estimate of drug-likeness (QED) is 0.172. The summed E-state index contributed by atoms with van der Waals surface area (Å²) in [4.78, 5) is 34.9. The molecule has 1 N–H and O–H groups in total. The van der Waals surface area contributed by atoms with Crippen LogP contribution in [0, 0.1) is 30.0 Å². The molecule has 8 rings (SSSR count). The first-order valence-electron chi connectivity index (χ1n) is 18.1. The van der Waals surface area contributed by atoms with E-state index in [4.69, 9.17) is 18.9 Å². The molecule has 5 heterocycles. The molecule has 4 aliphatic rings. The van der Waals surface area contributed by atoms with Gasteiger partial charge in [-0.15, -0.1) is 10.2 Å². The number of likely N-dealkylation sites (tertiary alicyclic amines) is 1. The van der Waals surface area contributed by atoms with E-state index < -0.39 is 5.97 Å². The van der Waals surface area contributed by atoms with Gasteiger partial charge in [-0.3, -0.25) is 4.90 Å². The summed E-state index contributed by atoms with van der Waals surface area (Å²) in [6.45, 7) is 12.3. The maximum atomic E-state index is 14.7. The summed E-state index contributed by atoms with van der Waals surface area (Å²) in [5.74, 6) is 2.78. The minimum absolute atomic E-state index is 0.114. The number of nitrogens with one attached hydrogen (secondary N) is 1. The Morgan fingerprint density at radius 1 is 1.12 bits per heavy atom. The van der Waals surface area contributed by atoms with Gasteiger partial charge in [0.15, 0.2) is 5.82 Å². The summed E-state index contributed by atoms with van der Waals surface area (Å²) in [7, 11) is 0. The molecule has 13 nitrogen and oxygen atoms in total. The molecule has 2 aliphatic carbocycles. The Morgan fingerprint density at radius 2 is 1.94 bits per heavy atom. The van der Waals surface area contributed by atoms with Crippen LogP contribution in [0.2, 0.25) is 0 Å². The maximum Gasteiger partial charge on any atom is 0.376 e. The highest BCUT2D eigenvalue weighted by Gasteiger charge is 2.53. The minimum atomic E-state index is -0.501. The number of hydrogen-bond donors (Lipinski definition) is 1. The van der Waals surface area contributed by atoms with Crippen LogP contribution in [0.4, 0.5) is 16.2 Å². The molecule has 51 heavy (non-hydrogen) atoms. The molecule has 1 atom stereocenters. The van der Waals surface area contributed by atoms with Crippen LogP contribution in [-0.4, -0.2) is 85.9 Å². The Bertz CT molecular complexity index is 1900. The number of aromatic nitrogens is 6. The molecule has 2 saturated heterocycles. The van der Waals surface area contributed by atoms with Crippen LogP contribution in [0.15, 0.2) is 41.3 Å². The SMILES string of the molecule is CCOC(=O)c1cnc(NC2CC([C@@H](C(C)C)N3CC4(CCN(c5ncnnc5Oc5ccc(F)cc5-c5cnc(C)nc5C5CC5)C4)C3)C2)o1. The number of anilines is 2. The first-order valence-corrected chi connectivity index (χ1v) is 18.1. The normalized spacial score (nSPS) is 21.7. The molecule has 1 aromatic carbocycles. The number of carbonyl (C=O) groups excluding carboxylic acids is 1. The summed E-state index contributed by atoms with van der Waals surface area (Å²) >= 11 is 0. The molecule has 3 aromatic heterocycles. The molecule has 0 unspecified atom stereocenters. The minimum Gasteiger partial charge on any atom is -0.460 e. The molecule has 14 heteroatoms. The number of benzene rings is 1. The van der Waals surface area contributed by atoms with Crippen molar-refractivity contribution in [1.29, 1.82) is 0 Å². The van der Waals surface area contributed by atoms with Crippen molar-refractivity contribution in [3.63, 3.8) is 0 Å². The summed E-state index contributed by atoms with van der Waals surface area (Å²) in [6, 6.07) is 5.60. The second-order valence-corrected chi connectivity index (χ2v) is 15.0. The van der Waals surface area contributed by atoms with Crippen LogP contribution in [0.1, 0.15) is 80.9 Å². The van der Waals surface area contributed by atoms with Crippen molar-refractivity contribution < 1.29 is 23.1 Å². The molecule has 0 radical (unpaired) electrons. The smallest absolute Gasteiger partial charge is 0.376 e. The van der Waals surface area contributed by atoms with E-state index in [1.54, 1.807) is 19.2 Å². The van der Waals surface area contributed by atoms with Gasteiger partial charge >= 0.3 is 5.97 Å². The molecule has 2 aliphatic heterocycles. The number of aryl methyl sites for hydroxylation is 1. The lowest BCUT2D eigenvalue weighted by Crippen LogP contribution is -2.65. The predicted octanol–water partition coefficient (Wildman–Crippen LogP) is 6.04. The molecule has 4 fully saturated rings. The second kappa shape index (κ2) is 13.4. The molecule has 4 aromatic rings. The van der Waals surface area contributed by atoms with E-state index in [1.165, 1.54) is 24.7 Å². The lowest BCUT2D eigenvalue weighted by atomic mass is 9.68. The summed E-state index contributed by atoms with van der Waals surface area (Å²) < 4.78 is 31.7. The Morgan fingerprint density at radius 3 is 2.71 bits per heavy atom. The molecule has 268 valence electrons. The van der Waals surface area contributed by atoms with E-state index in [0.717, 1.165) is 69.5 Å². The van der Waals surface area contributed by atoms with Gasteiger partial charge in [-0.2, -0.15) is 0 Å². The molecule has 2 saturated carbocycles. The predicted molar refractivity (Wildman–Crippen MR) is 186 cm³/mol. The Balaban J connectivity index is 0.915. The van der Waals surface area contributed by atoms with E-state index in [2.05, 4.69) is 54.1 Å². The number of hydrogen-bond acceptors (Lipinski definition) is 13. The Kier molecular flexibility index (Phi) is 8.81. The van der Waals surface area contributed by atoms with Gasteiger partial charge in [0, 0.05) is 66.9 Å². The van der Waals surface area contributed by atoms with Crippen LogP contribution >= 0.6 is 0 Å². The van der Waals surface area contributed by atoms with Crippen LogP contribution in [-0.2, 0) is 4.74 Å². The number of nitrogens with zero attached hydrogens (tertiary/aromatic N) is 8. The molecule has 0 amide bonds. The number of halogens is 1. The Hall–Kier alpha value is -4.72. The van der Waals surface area contributed by atoms with Gasteiger partial charge in [0.2, 0.25) is 5.76 Å². The Labute approximate surface area is 296 Å². The number of esters is 1. The third kappa shape index (κ3) is 6.73. The summed E-state index contributed by atoms with van der Waals surface area (Å²) in [6.07, 6.45) is 9.84. The zero-order valence-corrected chi connectivity index (χ0v) is 29.5. The average Bonchev–Trinajstić information content (AvgIpc) is 3.65. The van der Waals surface area contributed by atoms with Crippen molar-refractivity contribution in [3.05, 3.63) is 60.0 Å². The second-order valence-electron chi connectivity index (χ2n) is 15.0. The van der Waals surface area contributed by atoms with Gasteiger partial charge < -0.3 is 24.1 Å². The van der Waals surface area contributed by atoms with E-state index in [1.807, 2.05) is 6.92 Å². The number of rotatable bonds is 12. The fraction of sp³-hybridized carbons (Fsp3) is 0.541. The van der Waals surface area contributed by atoms with Crippen molar-refractivity contribution in [2.45, 2.75) is 77.8 Å². The lowest BCUT2D eigenvalue weighted by Gasteiger charge is -2.56. The zero-order chi connectivity index (χ0) is 35.3. The van der Waals surface area contributed by atoms with Gasteiger partial charge in [-0.1, -0.05) is 13.8 Å². The third-order valence-electron chi connectivity index (χ3n) is 10.8. The highest BCUT2D eigenvalue weighted by molar-refractivity contribution is 5.86. The van der Waals surface area contributed by atoms with E-state index >= 15 is 0 Å². The number of oxazole rings is 1. The number of ether oxygens (including phenoxy) is 2. The topological polar surface area (TPSA) is 145 Å². The van der Waals surface area contributed by atoms with Crippen molar-refractivity contribution in [2.24, 2.45) is 17.3 Å². The highest BCUT2D eigenvalue weighted by Crippen LogP contribution is 2.49. The standard InChI is InChI=1S/C37H44FN9O4/c1-5-49-35(48)30-16-40-36(51-30)44-26-12-24(13-26)32(21(2)3)47-18-37(19-47)10-11-46(17-37)33-34(45-42-20-41-33)50-29-9-8-25(38)14-27(29)28-15-39-22(4)43-31(28)23-6-7-23/h8-9,14-16,20-21,23-24,26,32H,5-7,10-13,17-19H2,1-4H3,(H,40,44)/t24?,26?,32-/m1/s1. The van der Waals surface area contributed by atoms with E-state index in [0.29, 0.717) is 58.6 Å².